The van der Waals surface area contributed by atoms with E-state index in [4.69, 9.17) is 4.74 Å². The van der Waals surface area contributed by atoms with Crippen LogP contribution in [-0.2, 0) is 9.59 Å². The van der Waals surface area contributed by atoms with E-state index in [-0.39, 0.29) is 23.4 Å². The molecule has 1 aliphatic carbocycles. The van der Waals surface area contributed by atoms with Crippen LogP contribution >= 0.6 is 0 Å². The average molecular weight is 471 g/mol. The van der Waals surface area contributed by atoms with Crippen LogP contribution in [0.2, 0.25) is 0 Å². The number of nitrogens with one attached hydrogen (secondary N) is 1. The molecule has 5 nitrogen and oxygen atoms in total. The Hall–Kier alpha value is -3.93. The normalized spacial score (nSPS) is 19.4. The van der Waals surface area contributed by atoms with E-state index >= 15 is 0 Å². The second-order valence-corrected chi connectivity index (χ2v) is 9.18. The van der Waals surface area contributed by atoms with Gasteiger partial charge in [-0.3, -0.25) is 14.5 Å². The Morgan fingerprint density at radius 2 is 1.69 bits per heavy atom. The predicted molar refractivity (Wildman–Crippen MR) is 134 cm³/mol. The van der Waals surface area contributed by atoms with Crippen molar-refractivity contribution in [3.8, 4) is 5.75 Å². The lowest BCUT2D eigenvalue weighted by molar-refractivity contribution is -0.117. The Kier molecular flexibility index (Phi) is 5.89. The third-order valence-electron chi connectivity index (χ3n) is 6.85. The number of allylic oxidation sites excluding steroid dienone is 1. The number of carbonyl (C=O) groups excluding carboxylic acids is 2. The van der Waals surface area contributed by atoms with Crippen molar-refractivity contribution >= 4 is 23.1 Å². The van der Waals surface area contributed by atoms with E-state index in [1.54, 1.807) is 24.1 Å². The summed E-state index contributed by atoms with van der Waals surface area (Å²) in [5.41, 5.74) is 5.58. The summed E-state index contributed by atoms with van der Waals surface area (Å²) in [5.74, 6) is 0.179. The molecule has 6 heteroatoms. The first-order valence-corrected chi connectivity index (χ1v) is 11.7. The highest BCUT2D eigenvalue weighted by atomic mass is 19.1. The van der Waals surface area contributed by atoms with E-state index in [1.807, 2.05) is 49.4 Å². The third kappa shape index (κ3) is 4.20. The smallest absolute Gasteiger partial charge is 0.224 e. The zero-order valence-corrected chi connectivity index (χ0v) is 20.0. The van der Waals surface area contributed by atoms with Gasteiger partial charge in [-0.25, -0.2) is 4.39 Å². The number of Topliss-reactive ketones (excluding diaryl/α,β-unsaturated/α-hetero) is 1. The highest BCUT2D eigenvalue weighted by Gasteiger charge is 2.40. The van der Waals surface area contributed by atoms with E-state index in [1.165, 1.54) is 19.1 Å². The molecule has 0 unspecified atom stereocenters. The maximum Gasteiger partial charge on any atom is 0.224 e. The zero-order valence-electron chi connectivity index (χ0n) is 20.0. The molecule has 0 radical (unpaired) electrons. The van der Waals surface area contributed by atoms with Crippen molar-refractivity contribution in [2.45, 2.75) is 38.6 Å². The number of ketones is 1. The molecule has 0 saturated heterocycles. The minimum absolute atomic E-state index is 0.00806. The van der Waals surface area contributed by atoms with Crippen LogP contribution < -0.4 is 15.0 Å². The average Bonchev–Trinajstić information content (AvgIpc) is 2.99. The highest BCUT2D eigenvalue weighted by Crippen LogP contribution is 2.47. The van der Waals surface area contributed by atoms with Crippen molar-refractivity contribution in [2.75, 3.05) is 17.3 Å². The lowest BCUT2D eigenvalue weighted by Crippen LogP contribution is -2.37. The summed E-state index contributed by atoms with van der Waals surface area (Å²) in [6.07, 6.45) is 0.940. The van der Waals surface area contributed by atoms with Gasteiger partial charge in [0.05, 0.1) is 24.5 Å². The number of methoxy groups -OCH3 is 1. The summed E-state index contributed by atoms with van der Waals surface area (Å²) < 4.78 is 19.1. The third-order valence-corrected chi connectivity index (χ3v) is 6.85. The van der Waals surface area contributed by atoms with Crippen LogP contribution in [0.4, 0.5) is 15.8 Å². The Labute approximate surface area is 204 Å². The Bertz CT molecular complexity index is 1330. The summed E-state index contributed by atoms with van der Waals surface area (Å²) in [7, 11) is 1.63. The van der Waals surface area contributed by atoms with Gasteiger partial charge in [-0.1, -0.05) is 30.3 Å². The number of amides is 1. The summed E-state index contributed by atoms with van der Waals surface area (Å²) in [5, 5.41) is 3.50. The first kappa shape index (κ1) is 22.8. The van der Waals surface area contributed by atoms with Gasteiger partial charge >= 0.3 is 0 Å². The molecule has 2 aliphatic rings. The van der Waals surface area contributed by atoms with Gasteiger partial charge in [0.15, 0.2) is 5.78 Å². The summed E-state index contributed by atoms with van der Waals surface area (Å²) in [6.45, 7) is 3.47. The SMILES string of the molecule is COc1ccc([C@H]2CC(=O)C3=C(C2)Nc2ccc(C)cc2N(C(C)=O)[C@H]3c2ccc(F)cc2)cc1. The lowest BCUT2D eigenvalue weighted by Gasteiger charge is -2.34. The second kappa shape index (κ2) is 9.02. The molecule has 0 spiro atoms. The Balaban J connectivity index is 1.67. The minimum atomic E-state index is -0.650. The maximum absolute atomic E-state index is 13.8. The van der Waals surface area contributed by atoms with Crippen molar-refractivity contribution < 1.29 is 18.7 Å². The van der Waals surface area contributed by atoms with Gasteiger partial charge in [-0.2, -0.15) is 0 Å². The van der Waals surface area contributed by atoms with Gasteiger partial charge in [-0.05, 0) is 72.4 Å². The lowest BCUT2D eigenvalue weighted by atomic mass is 9.78. The van der Waals surface area contributed by atoms with E-state index in [0.717, 1.165) is 28.3 Å². The fraction of sp³-hybridized carbons (Fsp3) is 0.241. The Morgan fingerprint density at radius 1 is 1.00 bits per heavy atom. The molecular formula is C29H27FN2O3. The van der Waals surface area contributed by atoms with E-state index in [2.05, 4.69) is 5.32 Å². The second-order valence-electron chi connectivity index (χ2n) is 9.18. The molecule has 3 aromatic carbocycles. The van der Waals surface area contributed by atoms with Gasteiger partial charge in [0, 0.05) is 24.6 Å². The number of aryl methyl sites for hydroxylation is 1. The first-order chi connectivity index (χ1) is 16.9. The largest absolute Gasteiger partial charge is 0.497 e. The topological polar surface area (TPSA) is 58.6 Å². The number of anilines is 2. The number of carbonyl (C=O) groups is 2. The van der Waals surface area contributed by atoms with E-state index in [9.17, 15) is 14.0 Å². The molecule has 1 aliphatic heterocycles. The monoisotopic (exact) mass is 470 g/mol. The number of hydrogen-bond acceptors (Lipinski definition) is 4. The fourth-order valence-corrected chi connectivity index (χ4v) is 5.17. The molecule has 2 atom stereocenters. The molecule has 0 bridgehead atoms. The Morgan fingerprint density at radius 3 is 2.34 bits per heavy atom. The van der Waals surface area contributed by atoms with Gasteiger partial charge in [0.1, 0.15) is 11.6 Å². The molecule has 3 aromatic rings. The standard InChI is InChI=1S/C29H27FN2O3/c1-17-4-13-24-26(14-17)32(18(2)33)29(20-5-9-22(30)10-6-20)28-25(31-24)15-21(16-27(28)34)19-7-11-23(35-3)12-8-19/h4-14,21,29,31H,15-16H2,1-3H3/t21-,29+/m1/s1. The van der Waals surface area contributed by atoms with Crippen LogP contribution in [-0.4, -0.2) is 18.8 Å². The van der Waals surface area contributed by atoms with Crippen LogP contribution in [0.25, 0.3) is 0 Å². The maximum atomic E-state index is 13.8. The fourth-order valence-electron chi connectivity index (χ4n) is 5.17. The number of hydrogen-bond donors (Lipinski definition) is 1. The highest BCUT2D eigenvalue weighted by molar-refractivity contribution is 6.06. The number of ether oxygens (including phenoxy) is 1. The van der Waals surface area contributed by atoms with Crippen molar-refractivity contribution in [2.24, 2.45) is 0 Å². The van der Waals surface area contributed by atoms with Crippen LogP contribution in [0.1, 0.15) is 48.4 Å². The number of fused-ring (bicyclic) bond motifs is 1. The molecule has 1 amide bonds. The predicted octanol–water partition coefficient (Wildman–Crippen LogP) is 6.06. The number of halogens is 1. The molecule has 0 saturated carbocycles. The van der Waals surface area contributed by atoms with Gasteiger partial charge < -0.3 is 10.1 Å². The van der Waals surface area contributed by atoms with Crippen molar-refractivity contribution in [3.05, 3.63) is 101 Å². The molecule has 0 fully saturated rings. The van der Waals surface area contributed by atoms with Crippen LogP contribution in [0, 0.1) is 12.7 Å². The van der Waals surface area contributed by atoms with Crippen molar-refractivity contribution in [1.82, 2.24) is 0 Å². The van der Waals surface area contributed by atoms with Gasteiger partial charge in [0.25, 0.3) is 0 Å². The molecule has 0 aromatic heterocycles. The van der Waals surface area contributed by atoms with Crippen LogP contribution in [0.15, 0.2) is 78.0 Å². The molecule has 35 heavy (non-hydrogen) atoms. The van der Waals surface area contributed by atoms with Crippen LogP contribution in [0.5, 0.6) is 5.75 Å². The molecule has 5 rings (SSSR count). The molecule has 178 valence electrons. The molecule has 1 N–H and O–H groups in total. The number of rotatable bonds is 3. The molecular weight excluding hydrogens is 443 g/mol. The van der Waals surface area contributed by atoms with Crippen molar-refractivity contribution in [3.63, 3.8) is 0 Å². The summed E-state index contributed by atoms with van der Waals surface area (Å²) in [6, 6.07) is 19.1. The van der Waals surface area contributed by atoms with Crippen LogP contribution in [0.3, 0.4) is 0 Å². The quantitative estimate of drug-likeness (QED) is 0.505. The number of benzene rings is 3. The number of nitrogens with zero attached hydrogens (tertiary/aromatic N) is 1. The zero-order chi connectivity index (χ0) is 24.7. The molecule has 1 heterocycles. The van der Waals surface area contributed by atoms with E-state index in [0.29, 0.717) is 29.7 Å². The van der Waals surface area contributed by atoms with Gasteiger partial charge in [0.2, 0.25) is 5.91 Å². The minimum Gasteiger partial charge on any atom is -0.497 e. The van der Waals surface area contributed by atoms with Crippen molar-refractivity contribution in [1.29, 1.82) is 0 Å². The summed E-state index contributed by atoms with van der Waals surface area (Å²) in [4.78, 5) is 28.5. The first-order valence-electron chi connectivity index (χ1n) is 11.7. The van der Waals surface area contributed by atoms with E-state index < -0.39 is 6.04 Å². The summed E-state index contributed by atoms with van der Waals surface area (Å²) >= 11 is 0. The van der Waals surface area contributed by atoms with Gasteiger partial charge in [-0.15, -0.1) is 0 Å².